The zero-order valence-electron chi connectivity index (χ0n) is 9.57. The number of rotatable bonds is 4. The van der Waals surface area contributed by atoms with Crippen LogP contribution in [0.1, 0.15) is 24.5 Å². The van der Waals surface area contributed by atoms with Gasteiger partial charge in [0.25, 0.3) is 5.69 Å². The Hall–Kier alpha value is -1.63. The van der Waals surface area contributed by atoms with Crippen molar-refractivity contribution in [3.63, 3.8) is 0 Å². The van der Waals surface area contributed by atoms with E-state index < -0.39 is 28.5 Å². The van der Waals surface area contributed by atoms with E-state index in [-0.39, 0.29) is 12.0 Å². The molecule has 0 amide bonds. The summed E-state index contributed by atoms with van der Waals surface area (Å²) < 4.78 is 37.3. The van der Waals surface area contributed by atoms with Crippen molar-refractivity contribution in [2.24, 2.45) is 0 Å². The van der Waals surface area contributed by atoms with Crippen LogP contribution in [-0.2, 0) is 12.6 Å². The van der Waals surface area contributed by atoms with Crippen LogP contribution in [-0.4, -0.2) is 16.1 Å². The summed E-state index contributed by atoms with van der Waals surface area (Å²) in [5.74, 6) is 0. The van der Waals surface area contributed by atoms with Crippen LogP contribution in [0.4, 0.5) is 18.9 Å². The molecule has 0 saturated heterocycles. The van der Waals surface area contributed by atoms with Gasteiger partial charge < -0.3 is 5.11 Å². The van der Waals surface area contributed by atoms with Crippen LogP contribution in [0, 0.1) is 10.1 Å². The predicted octanol–water partition coefficient (Wildman–Crippen LogP) is 2.93. The van der Waals surface area contributed by atoms with Crippen molar-refractivity contribution in [1.82, 2.24) is 0 Å². The number of halogens is 3. The van der Waals surface area contributed by atoms with Crippen LogP contribution in [0.25, 0.3) is 0 Å². The molecule has 0 aliphatic rings. The van der Waals surface area contributed by atoms with E-state index in [0.717, 1.165) is 12.1 Å². The Kier molecular flexibility index (Phi) is 4.28. The van der Waals surface area contributed by atoms with Gasteiger partial charge in [0, 0.05) is 18.1 Å². The van der Waals surface area contributed by atoms with E-state index in [0.29, 0.717) is 12.5 Å². The number of aliphatic hydroxyl groups is 1. The molecule has 0 fully saturated rings. The van der Waals surface area contributed by atoms with E-state index >= 15 is 0 Å². The summed E-state index contributed by atoms with van der Waals surface area (Å²) in [6.45, 7) is 1.68. The third-order valence-electron chi connectivity index (χ3n) is 2.54. The van der Waals surface area contributed by atoms with Crippen LogP contribution in [0.2, 0.25) is 0 Å². The van der Waals surface area contributed by atoms with Gasteiger partial charge in [0.1, 0.15) is 0 Å². The topological polar surface area (TPSA) is 63.4 Å². The molecule has 1 aromatic rings. The molecule has 0 heterocycles. The molecular weight excluding hydrogens is 251 g/mol. The van der Waals surface area contributed by atoms with Crippen molar-refractivity contribution >= 4 is 5.69 Å². The second-order valence-electron chi connectivity index (χ2n) is 3.86. The fraction of sp³-hybridized carbons (Fsp3) is 0.455. The zero-order chi connectivity index (χ0) is 13.9. The molecule has 4 nitrogen and oxygen atoms in total. The van der Waals surface area contributed by atoms with Gasteiger partial charge in [-0.25, -0.2) is 0 Å². The fourth-order valence-corrected chi connectivity index (χ4v) is 1.48. The number of hydrogen-bond acceptors (Lipinski definition) is 3. The summed E-state index contributed by atoms with van der Waals surface area (Å²) in [6, 6.07) is 2.32. The first-order valence-electron chi connectivity index (χ1n) is 5.28. The number of alkyl halides is 3. The molecular formula is C11H12F3NO3. The van der Waals surface area contributed by atoms with Crippen LogP contribution < -0.4 is 0 Å². The van der Waals surface area contributed by atoms with Gasteiger partial charge >= 0.3 is 6.18 Å². The van der Waals surface area contributed by atoms with Crippen LogP contribution in [0.15, 0.2) is 18.2 Å². The van der Waals surface area contributed by atoms with Crippen molar-refractivity contribution in [1.29, 1.82) is 0 Å². The van der Waals surface area contributed by atoms with Gasteiger partial charge in [-0.05, 0) is 12.5 Å². The molecule has 0 aliphatic carbocycles. The second-order valence-corrected chi connectivity index (χ2v) is 3.86. The zero-order valence-corrected chi connectivity index (χ0v) is 9.57. The van der Waals surface area contributed by atoms with E-state index in [9.17, 15) is 28.4 Å². The molecule has 0 aromatic heterocycles. The van der Waals surface area contributed by atoms with Crippen LogP contribution in [0.5, 0.6) is 0 Å². The summed E-state index contributed by atoms with van der Waals surface area (Å²) in [6.07, 6.45) is -5.09. The first kappa shape index (κ1) is 14.4. The van der Waals surface area contributed by atoms with Crippen LogP contribution >= 0.6 is 0 Å². The van der Waals surface area contributed by atoms with Gasteiger partial charge in [0.15, 0.2) is 0 Å². The van der Waals surface area contributed by atoms with Crippen LogP contribution in [0.3, 0.4) is 0 Å². The van der Waals surface area contributed by atoms with Crippen molar-refractivity contribution in [2.45, 2.75) is 32.0 Å². The molecule has 0 radical (unpaired) electrons. The van der Waals surface area contributed by atoms with Gasteiger partial charge in [-0.3, -0.25) is 10.1 Å². The summed E-state index contributed by atoms with van der Waals surface area (Å²) in [7, 11) is 0. The molecule has 1 atom stereocenters. The molecule has 1 rings (SSSR count). The summed E-state index contributed by atoms with van der Waals surface area (Å²) in [5, 5.41) is 20.1. The van der Waals surface area contributed by atoms with E-state index in [1.807, 2.05) is 0 Å². The molecule has 0 spiro atoms. The highest BCUT2D eigenvalue weighted by Crippen LogP contribution is 2.33. The lowest BCUT2D eigenvalue weighted by atomic mass is 10.0. The van der Waals surface area contributed by atoms with Gasteiger partial charge in [0.2, 0.25) is 0 Å². The molecule has 0 aliphatic heterocycles. The van der Waals surface area contributed by atoms with Crippen molar-refractivity contribution in [2.75, 3.05) is 0 Å². The number of nitro groups is 1. The monoisotopic (exact) mass is 263 g/mol. The first-order chi connectivity index (χ1) is 8.25. The minimum absolute atomic E-state index is 0.0368. The number of nitro benzene ring substituents is 1. The minimum atomic E-state index is -4.62. The molecule has 1 N–H and O–H groups in total. The molecule has 7 heteroatoms. The summed E-state index contributed by atoms with van der Waals surface area (Å²) >= 11 is 0. The largest absolute Gasteiger partial charge is 0.416 e. The minimum Gasteiger partial charge on any atom is -0.393 e. The second kappa shape index (κ2) is 5.34. The summed E-state index contributed by atoms with van der Waals surface area (Å²) in [4.78, 5) is 9.86. The number of hydrogen-bond donors (Lipinski definition) is 1. The summed E-state index contributed by atoms with van der Waals surface area (Å²) in [5.41, 5.74) is -1.58. The Bertz CT molecular complexity index is 446. The number of nitrogens with zero attached hydrogens (tertiary/aromatic N) is 1. The lowest BCUT2D eigenvalue weighted by molar-refractivity contribution is -0.385. The molecule has 100 valence electrons. The SMILES string of the molecule is CCC(O)Cc1ccc(C(F)(F)F)cc1[N+](=O)[O-]. The number of benzene rings is 1. The van der Waals surface area contributed by atoms with E-state index in [4.69, 9.17) is 0 Å². The standard InChI is InChI=1S/C11H12F3NO3/c1-2-9(16)5-7-3-4-8(11(12,13)14)6-10(7)15(17)18/h3-4,6,9,16H,2,5H2,1H3. The molecule has 1 aromatic carbocycles. The Morgan fingerprint density at radius 3 is 2.50 bits per heavy atom. The average Bonchev–Trinajstić information content (AvgIpc) is 2.27. The van der Waals surface area contributed by atoms with E-state index in [1.54, 1.807) is 6.92 Å². The Balaban J connectivity index is 3.17. The normalized spacial score (nSPS) is 13.4. The fourth-order valence-electron chi connectivity index (χ4n) is 1.48. The molecule has 1 unspecified atom stereocenters. The van der Waals surface area contributed by atoms with E-state index in [2.05, 4.69) is 0 Å². The highest BCUT2D eigenvalue weighted by atomic mass is 19.4. The molecule has 0 bridgehead atoms. The van der Waals surface area contributed by atoms with Gasteiger partial charge in [-0.1, -0.05) is 13.0 Å². The Labute approximate surface area is 101 Å². The maximum atomic E-state index is 12.4. The van der Waals surface area contributed by atoms with E-state index in [1.165, 1.54) is 0 Å². The predicted molar refractivity (Wildman–Crippen MR) is 58.1 cm³/mol. The number of aliphatic hydroxyl groups excluding tert-OH is 1. The quantitative estimate of drug-likeness (QED) is 0.671. The van der Waals surface area contributed by atoms with Gasteiger partial charge in [-0.2, -0.15) is 13.2 Å². The lowest BCUT2D eigenvalue weighted by Gasteiger charge is -2.11. The van der Waals surface area contributed by atoms with Gasteiger partial charge in [0.05, 0.1) is 16.6 Å². The molecule has 18 heavy (non-hydrogen) atoms. The Morgan fingerprint density at radius 1 is 1.44 bits per heavy atom. The third kappa shape index (κ3) is 3.43. The third-order valence-corrected chi connectivity index (χ3v) is 2.54. The highest BCUT2D eigenvalue weighted by Gasteiger charge is 2.33. The van der Waals surface area contributed by atoms with Crippen molar-refractivity contribution < 1.29 is 23.2 Å². The molecule has 0 saturated carbocycles. The maximum absolute atomic E-state index is 12.4. The average molecular weight is 263 g/mol. The lowest BCUT2D eigenvalue weighted by Crippen LogP contribution is -2.12. The maximum Gasteiger partial charge on any atom is 0.416 e. The van der Waals surface area contributed by atoms with Crippen molar-refractivity contribution in [3.05, 3.63) is 39.4 Å². The van der Waals surface area contributed by atoms with Gasteiger partial charge in [-0.15, -0.1) is 0 Å². The smallest absolute Gasteiger partial charge is 0.393 e. The highest BCUT2D eigenvalue weighted by molar-refractivity contribution is 5.44. The Morgan fingerprint density at radius 2 is 2.06 bits per heavy atom. The first-order valence-corrected chi connectivity index (χ1v) is 5.28. The van der Waals surface area contributed by atoms with Crippen molar-refractivity contribution in [3.8, 4) is 0 Å².